The fourth-order valence-electron chi connectivity index (χ4n) is 2.73. The Kier molecular flexibility index (Phi) is 6.61. The van der Waals surface area contributed by atoms with Crippen molar-refractivity contribution in [1.29, 1.82) is 0 Å². The molecule has 0 aliphatic rings. The first kappa shape index (κ1) is 20.5. The zero-order chi connectivity index (χ0) is 20.8. The predicted molar refractivity (Wildman–Crippen MR) is 113 cm³/mol. The van der Waals surface area contributed by atoms with Gasteiger partial charge in [-0.15, -0.1) is 0 Å². The summed E-state index contributed by atoms with van der Waals surface area (Å²) >= 11 is 1.26. The first-order chi connectivity index (χ1) is 13.9. The van der Waals surface area contributed by atoms with Crippen LogP contribution in [0.2, 0.25) is 0 Å². The molecule has 1 aromatic heterocycles. The van der Waals surface area contributed by atoms with E-state index in [-0.39, 0.29) is 11.5 Å². The standard InChI is InChI=1S/C22H20N2O4S/c1-14-10-21(24-19-9-4-3-8-18(14)19)29-13-22(27)28-12-20(26)23-17-7-5-6-16(11-17)15(2)25/h3-11H,12-13H2,1-2H3,(H,23,26). The maximum atomic E-state index is 12.0. The lowest BCUT2D eigenvalue weighted by Gasteiger charge is -2.08. The number of hydrogen-bond donors (Lipinski definition) is 1. The Morgan fingerprint density at radius 3 is 2.66 bits per heavy atom. The number of aryl methyl sites for hydroxylation is 1. The highest BCUT2D eigenvalue weighted by Crippen LogP contribution is 2.23. The summed E-state index contributed by atoms with van der Waals surface area (Å²) in [5.41, 5.74) is 2.92. The summed E-state index contributed by atoms with van der Waals surface area (Å²) in [6.45, 7) is 3.05. The topological polar surface area (TPSA) is 85.4 Å². The first-order valence-electron chi connectivity index (χ1n) is 8.98. The number of thioether (sulfide) groups is 1. The number of ketones is 1. The third-order valence-electron chi connectivity index (χ3n) is 4.15. The minimum atomic E-state index is -0.504. The van der Waals surface area contributed by atoms with Crippen LogP contribution in [-0.2, 0) is 14.3 Å². The molecule has 0 fully saturated rings. The number of carbonyl (C=O) groups is 3. The zero-order valence-electron chi connectivity index (χ0n) is 16.1. The second-order valence-electron chi connectivity index (χ2n) is 6.43. The average molecular weight is 408 g/mol. The molecule has 2 aromatic carbocycles. The summed E-state index contributed by atoms with van der Waals surface area (Å²) in [6.07, 6.45) is 0. The maximum absolute atomic E-state index is 12.0. The van der Waals surface area contributed by atoms with E-state index in [0.717, 1.165) is 21.5 Å². The molecule has 1 amide bonds. The quantitative estimate of drug-likeness (QED) is 0.361. The van der Waals surface area contributed by atoms with Gasteiger partial charge in [0.05, 0.1) is 16.3 Å². The van der Waals surface area contributed by atoms with Crippen LogP contribution >= 0.6 is 11.8 Å². The van der Waals surface area contributed by atoms with Crippen molar-refractivity contribution in [3.8, 4) is 0 Å². The predicted octanol–water partition coefficient (Wildman–Crippen LogP) is 4.02. The molecule has 6 nitrogen and oxygen atoms in total. The Hall–Kier alpha value is -3.19. The van der Waals surface area contributed by atoms with Gasteiger partial charge in [0.15, 0.2) is 12.4 Å². The molecule has 0 saturated heterocycles. The lowest BCUT2D eigenvalue weighted by Crippen LogP contribution is -2.21. The third kappa shape index (κ3) is 5.65. The number of Topliss-reactive ketones (excluding diaryl/α,β-unsaturated/α-hetero) is 1. The zero-order valence-corrected chi connectivity index (χ0v) is 16.9. The number of para-hydroxylation sites is 1. The summed E-state index contributed by atoms with van der Waals surface area (Å²) in [7, 11) is 0. The molecule has 0 spiro atoms. The lowest BCUT2D eigenvalue weighted by atomic mass is 10.1. The normalized spacial score (nSPS) is 10.6. The van der Waals surface area contributed by atoms with Crippen LogP contribution in [-0.4, -0.2) is 35.0 Å². The second kappa shape index (κ2) is 9.34. The van der Waals surface area contributed by atoms with E-state index in [1.54, 1.807) is 24.3 Å². The van der Waals surface area contributed by atoms with Gasteiger partial charge in [0.25, 0.3) is 5.91 Å². The minimum Gasteiger partial charge on any atom is -0.455 e. The van der Waals surface area contributed by atoms with E-state index in [1.165, 1.54) is 18.7 Å². The number of esters is 1. The van der Waals surface area contributed by atoms with Gasteiger partial charge in [-0.05, 0) is 43.7 Å². The van der Waals surface area contributed by atoms with Crippen molar-refractivity contribution in [3.05, 3.63) is 65.7 Å². The SMILES string of the molecule is CC(=O)c1cccc(NC(=O)COC(=O)CSc2cc(C)c3ccccc3n2)c1. The number of hydrogen-bond acceptors (Lipinski definition) is 6. The number of rotatable bonds is 7. The fourth-order valence-corrected chi connectivity index (χ4v) is 3.50. The fraction of sp³-hybridized carbons (Fsp3) is 0.182. The Morgan fingerprint density at radius 1 is 1.07 bits per heavy atom. The van der Waals surface area contributed by atoms with Crippen LogP contribution in [0.1, 0.15) is 22.8 Å². The van der Waals surface area contributed by atoms with Gasteiger partial charge in [-0.1, -0.05) is 42.1 Å². The molecule has 0 atom stereocenters. The summed E-state index contributed by atoms with van der Waals surface area (Å²) < 4.78 is 5.03. The van der Waals surface area contributed by atoms with E-state index in [1.807, 2.05) is 37.3 Å². The molecule has 3 rings (SSSR count). The van der Waals surface area contributed by atoms with Gasteiger partial charge in [-0.3, -0.25) is 14.4 Å². The Labute approximate surface area is 172 Å². The van der Waals surface area contributed by atoms with Gasteiger partial charge in [0.2, 0.25) is 0 Å². The second-order valence-corrected chi connectivity index (χ2v) is 7.42. The lowest BCUT2D eigenvalue weighted by molar-refractivity contribution is -0.144. The van der Waals surface area contributed by atoms with Crippen molar-refractivity contribution >= 4 is 46.0 Å². The van der Waals surface area contributed by atoms with Crippen molar-refractivity contribution in [2.75, 3.05) is 17.7 Å². The molecule has 29 heavy (non-hydrogen) atoms. The molecule has 1 heterocycles. The van der Waals surface area contributed by atoms with Crippen LogP contribution in [0.3, 0.4) is 0 Å². The number of anilines is 1. The van der Waals surface area contributed by atoms with Crippen molar-refractivity contribution in [1.82, 2.24) is 4.98 Å². The van der Waals surface area contributed by atoms with Gasteiger partial charge in [0.1, 0.15) is 0 Å². The number of aromatic nitrogens is 1. The summed E-state index contributed by atoms with van der Waals surface area (Å²) in [4.78, 5) is 39.9. The van der Waals surface area contributed by atoms with E-state index in [2.05, 4.69) is 10.3 Å². The van der Waals surface area contributed by atoms with Crippen LogP contribution < -0.4 is 5.32 Å². The molecule has 0 unspecified atom stereocenters. The largest absolute Gasteiger partial charge is 0.455 e. The van der Waals surface area contributed by atoms with E-state index >= 15 is 0 Å². The van der Waals surface area contributed by atoms with Crippen molar-refractivity contribution in [2.45, 2.75) is 18.9 Å². The number of ether oxygens (including phenoxy) is 1. The third-order valence-corrected chi connectivity index (χ3v) is 5.04. The molecule has 3 aromatic rings. The molecule has 1 N–H and O–H groups in total. The van der Waals surface area contributed by atoms with Crippen LogP contribution in [0.5, 0.6) is 0 Å². The van der Waals surface area contributed by atoms with Crippen molar-refractivity contribution < 1.29 is 19.1 Å². The maximum Gasteiger partial charge on any atom is 0.316 e. The Balaban J connectivity index is 1.49. The van der Waals surface area contributed by atoms with E-state index in [9.17, 15) is 14.4 Å². The van der Waals surface area contributed by atoms with Gasteiger partial charge < -0.3 is 10.1 Å². The van der Waals surface area contributed by atoms with Crippen molar-refractivity contribution in [2.24, 2.45) is 0 Å². The smallest absolute Gasteiger partial charge is 0.316 e. The number of carbonyl (C=O) groups excluding carboxylic acids is 3. The van der Waals surface area contributed by atoms with Crippen molar-refractivity contribution in [3.63, 3.8) is 0 Å². The van der Waals surface area contributed by atoms with E-state index < -0.39 is 18.5 Å². The van der Waals surface area contributed by atoms with Crippen LogP contribution in [0.15, 0.2) is 59.6 Å². The van der Waals surface area contributed by atoms with E-state index in [4.69, 9.17) is 4.74 Å². The van der Waals surface area contributed by atoms with Crippen LogP contribution in [0.25, 0.3) is 10.9 Å². The molecule has 7 heteroatoms. The Bertz CT molecular complexity index is 1080. The highest BCUT2D eigenvalue weighted by atomic mass is 32.2. The summed E-state index contributed by atoms with van der Waals surface area (Å²) in [5.74, 6) is -1.02. The molecule has 0 radical (unpaired) electrons. The summed E-state index contributed by atoms with van der Waals surface area (Å²) in [6, 6.07) is 16.3. The molecule has 0 saturated carbocycles. The van der Waals surface area contributed by atoms with E-state index in [0.29, 0.717) is 11.3 Å². The molecular formula is C22H20N2O4S. The Morgan fingerprint density at radius 2 is 1.86 bits per heavy atom. The molecule has 0 aliphatic carbocycles. The van der Waals surface area contributed by atoms with Gasteiger partial charge in [-0.25, -0.2) is 4.98 Å². The van der Waals surface area contributed by atoms with Crippen LogP contribution in [0.4, 0.5) is 5.69 Å². The highest BCUT2D eigenvalue weighted by molar-refractivity contribution is 7.99. The number of nitrogens with one attached hydrogen (secondary N) is 1. The molecule has 148 valence electrons. The van der Waals surface area contributed by atoms with Gasteiger partial charge in [0, 0.05) is 16.6 Å². The average Bonchev–Trinajstić information content (AvgIpc) is 2.71. The first-order valence-corrected chi connectivity index (χ1v) is 9.96. The minimum absolute atomic E-state index is 0.0535. The highest BCUT2D eigenvalue weighted by Gasteiger charge is 2.11. The van der Waals surface area contributed by atoms with Gasteiger partial charge >= 0.3 is 5.97 Å². The number of fused-ring (bicyclic) bond motifs is 1. The van der Waals surface area contributed by atoms with Crippen LogP contribution in [0, 0.1) is 6.92 Å². The number of nitrogens with zero attached hydrogens (tertiary/aromatic N) is 1. The monoisotopic (exact) mass is 408 g/mol. The van der Waals surface area contributed by atoms with Gasteiger partial charge in [-0.2, -0.15) is 0 Å². The molecule has 0 aliphatic heterocycles. The number of pyridine rings is 1. The number of amides is 1. The molecular weight excluding hydrogens is 388 g/mol. The number of benzene rings is 2. The summed E-state index contributed by atoms with van der Waals surface area (Å²) in [5, 5.41) is 4.41. The molecule has 0 bridgehead atoms.